The molecule has 2 aromatic rings. The summed E-state index contributed by atoms with van der Waals surface area (Å²) in [6.07, 6.45) is 0. The number of carbonyl (C=O) groups is 3. The molecule has 0 saturated carbocycles. The molecule has 0 atom stereocenters. The molecule has 3 N–H and O–H groups in total. The van der Waals surface area contributed by atoms with Crippen molar-refractivity contribution in [2.75, 3.05) is 18.5 Å². The highest BCUT2D eigenvalue weighted by Gasteiger charge is 2.15. The molecule has 0 radical (unpaired) electrons. The molecule has 0 bridgehead atoms. The van der Waals surface area contributed by atoms with E-state index in [4.69, 9.17) is 4.74 Å². The zero-order valence-corrected chi connectivity index (χ0v) is 14.2. The van der Waals surface area contributed by atoms with Gasteiger partial charge < -0.3 is 20.5 Å². The van der Waals surface area contributed by atoms with Gasteiger partial charge in [-0.15, -0.1) is 0 Å². The van der Waals surface area contributed by atoms with E-state index in [9.17, 15) is 28.3 Å². The van der Waals surface area contributed by atoms with Crippen LogP contribution in [0, 0.1) is 18.6 Å². The minimum Gasteiger partial charge on any atom is -0.507 e. The summed E-state index contributed by atoms with van der Waals surface area (Å²) >= 11 is 0. The Morgan fingerprint density at radius 1 is 1.04 bits per heavy atom. The number of anilines is 1. The normalized spacial score (nSPS) is 10.2. The zero-order chi connectivity index (χ0) is 20.0. The number of aromatic hydroxyl groups is 1. The minimum atomic E-state index is -1.12. The fourth-order valence-electron chi connectivity index (χ4n) is 2.03. The Balaban J connectivity index is 1.77. The summed E-state index contributed by atoms with van der Waals surface area (Å²) in [4.78, 5) is 35.1. The monoisotopic (exact) mass is 378 g/mol. The van der Waals surface area contributed by atoms with E-state index >= 15 is 0 Å². The van der Waals surface area contributed by atoms with Crippen molar-refractivity contribution in [3.63, 3.8) is 0 Å². The predicted molar refractivity (Wildman–Crippen MR) is 91.1 cm³/mol. The number of hydrogen-bond acceptors (Lipinski definition) is 5. The lowest BCUT2D eigenvalue weighted by atomic mass is 10.1. The van der Waals surface area contributed by atoms with Crippen LogP contribution in [0.4, 0.5) is 14.5 Å². The lowest BCUT2D eigenvalue weighted by Gasteiger charge is -2.09. The fraction of sp³-hybridized carbons (Fsp3) is 0.167. The first kappa shape index (κ1) is 19.8. The highest BCUT2D eigenvalue weighted by molar-refractivity contribution is 5.96. The number of benzene rings is 2. The van der Waals surface area contributed by atoms with Crippen LogP contribution >= 0.6 is 0 Å². The quantitative estimate of drug-likeness (QED) is 0.666. The summed E-state index contributed by atoms with van der Waals surface area (Å²) < 4.78 is 30.6. The third kappa shape index (κ3) is 5.77. The number of hydrogen-bond donors (Lipinski definition) is 3. The van der Waals surface area contributed by atoms with Crippen molar-refractivity contribution < 1.29 is 33.0 Å². The topological polar surface area (TPSA) is 105 Å². The smallest absolute Gasteiger partial charge is 0.342 e. The molecular formula is C18H16F2N2O5. The van der Waals surface area contributed by atoms with Gasteiger partial charge in [-0.2, -0.15) is 0 Å². The molecule has 7 nitrogen and oxygen atoms in total. The van der Waals surface area contributed by atoms with Gasteiger partial charge in [0.05, 0.1) is 6.54 Å². The lowest BCUT2D eigenvalue weighted by Crippen LogP contribution is -2.35. The SMILES string of the molecule is Cc1ccc(C(=O)OCC(=O)NCC(=O)Nc2ccc(F)c(F)c2)c(O)c1. The Morgan fingerprint density at radius 2 is 1.78 bits per heavy atom. The Labute approximate surface area is 153 Å². The van der Waals surface area contributed by atoms with Crippen LogP contribution in [0.25, 0.3) is 0 Å². The van der Waals surface area contributed by atoms with E-state index in [0.717, 1.165) is 23.8 Å². The van der Waals surface area contributed by atoms with Crippen LogP contribution in [-0.2, 0) is 14.3 Å². The van der Waals surface area contributed by atoms with Gasteiger partial charge in [-0.1, -0.05) is 6.07 Å². The molecule has 0 heterocycles. The maximum absolute atomic E-state index is 13.0. The fourth-order valence-corrected chi connectivity index (χ4v) is 2.03. The maximum Gasteiger partial charge on any atom is 0.342 e. The van der Waals surface area contributed by atoms with Crippen LogP contribution in [0.1, 0.15) is 15.9 Å². The van der Waals surface area contributed by atoms with Gasteiger partial charge in [0.2, 0.25) is 5.91 Å². The van der Waals surface area contributed by atoms with Crippen LogP contribution in [0.15, 0.2) is 36.4 Å². The first-order valence-electron chi connectivity index (χ1n) is 7.74. The highest BCUT2D eigenvalue weighted by atomic mass is 19.2. The average molecular weight is 378 g/mol. The Hall–Kier alpha value is -3.49. The molecule has 2 aromatic carbocycles. The van der Waals surface area contributed by atoms with Crippen molar-refractivity contribution in [1.82, 2.24) is 5.32 Å². The van der Waals surface area contributed by atoms with Crippen molar-refractivity contribution in [2.45, 2.75) is 6.92 Å². The molecule has 0 aliphatic heterocycles. The number of nitrogens with one attached hydrogen (secondary N) is 2. The molecule has 0 fully saturated rings. The Morgan fingerprint density at radius 3 is 2.44 bits per heavy atom. The summed E-state index contributed by atoms with van der Waals surface area (Å²) in [5, 5.41) is 14.1. The van der Waals surface area contributed by atoms with Crippen molar-refractivity contribution >= 4 is 23.5 Å². The molecular weight excluding hydrogens is 362 g/mol. The molecule has 27 heavy (non-hydrogen) atoms. The second kappa shape index (κ2) is 8.75. The lowest BCUT2D eigenvalue weighted by molar-refractivity contribution is -0.126. The van der Waals surface area contributed by atoms with Gasteiger partial charge >= 0.3 is 5.97 Å². The second-order valence-electron chi connectivity index (χ2n) is 5.55. The molecule has 2 rings (SSSR count). The number of carbonyl (C=O) groups excluding carboxylic acids is 3. The molecule has 0 aromatic heterocycles. The third-order valence-corrected chi connectivity index (χ3v) is 3.36. The van der Waals surface area contributed by atoms with E-state index in [1.165, 1.54) is 12.1 Å². The Bertz CT molecular complexity index is 886. The summed E-state index contributed by atoms with van der Waals surface area (Å²) in [5.74, 6) is -4.78. The number of phenols is 1. The van der Waals surface area contributed by atoms with Crippen LogP contribution < -0.4 is 10.6 Å². The van der Waals surface area contributed by atoms with E-state index in [1.807, 2.05) is 0 Å². The van der Waals surface area contributed by atoms with E-state index in [1.54, 1.807) is 13.0 Å². The van der Waals surface area contributed by atoms with Crippen LogP contribution in [-0.4, -0.2) is 36.0 Å². The standard InChI is InChI=1S/C18H16F2N2O5/c1-10-2-4-12(15(23)6-10)18(26)27-9-17(25)21-8-16(24)22-11-3-5-13(19)14(20)7-11/h2-7,23H,8-9H2,1H3,(H,21,25)(H,22,24). The first-order valence-corrected chi connectivity index (χ1v) is 7.74. The number of halogens is 2. The Kier molecular flexibility index (Phi) is 6.42. The number of rotatable bonds is 6. The molecule has 142 valence electrons. The first-order chi connectivity index (χ1) is 12.8. The van der Waals surface area contributed by atoms with E-state index < -0.39 is 42.6 Å². The molecule has 9 heteroatoms. The summed E-state index contributed by atoms with van der Waals surface area (Å²) in [7, 11) is 0. The molecule has 0 saturated heterocycles. The van der Waals surface area contributed by atoms with E-state index in [-0.39, 0.29) is 17.0 Å². The van der Waals surface area contributed by atoms with Gasteiger partial charge in [0.15, 0.2) is 18.2 Å². The van der Waals surface area contributed by atoms with Crippen molar-refractivity contribution in [1.29, 1.82) is 0 Å². The number of esters is 1. The van der Waals surface area contributed by atoms with Gasteiger partial charge in [-0.3, -0.25) is 9.59 Å². The van der Waals surface area contributed by atoms with Gasteiger partial charge in [-0.25, -0.2) is 13.6 Å². The van der Waals surface area contributed by atoms with Gasteiger partial charge in [0.25, 0.3) is 5.91 Å². The number of aryl methyl sites for hydroxylation is 1. The molecule has 0 aliphatic rings. The highest BCUT2D eigenvalue weighted by Crippen LogP contribution is 2.19. The van der Waals surface area contributed by atoms with Crippen LogP contribution in [0.3, 0.4) is 0 Å². The summed E-state index contributed by atoms with van der Waals surface area (Å²) in [5.41, 5.74) is 0.674. The van der Waals surface area contributed by atoms with Crippen molar-refractivity contribution in [2.24, 2.45) is 0 Å². The van der Waals surface area contributed by atoms with E-state index in [2.05, 4.69) is 10.6 Å². The number of phenolic OH excluding ortho intramolecular Hbond substituents is 1. The van der Waals surface area contributed by atoms with Gasteiger partial charge in [0, 0.05) is 11.8 Å². The van der Waals surface area contributed by atoms with Crippen molar-refractivity contribution in [3.05, 3.63) is 59.2 Å². The zero-order valence-electron chi connectivity index (χ0n) is 14.2. The van der Waals surface area contributed by atoms with Crippen LogP contribution in [0.5, 0.6) is 5.75 Å². The third-order valence-electron chi connectivity index (χ3n) is 3.36. The second-order valence-corrected chi connectivity index (χ2v) is 5.55. The number of amides is 2. The molecule has 0 aliphatic carbocycles. The molecule has 0 spiro atoms. The van der Waals surface area contributed by atoms with E-state index in [0.29, 0.717) is 0 Å². The summed E-state index contributed by atoms with van der Waals surface area (Å²) in [6.45, 7) is 0.601. The number of ether oxygens (including phenoxy) is 1. The summed E-state index contributed by atoms with van der Waals surface area (Å²) in [6, 6.07) is 7.14. The molecule has 2 amide bonds. The van der Waals surface area contributed by atoms with Gasteiger partial charge in [-0.05, 0) is 36.8 Å². The average Bonchev–Trinajstić information content (AvgIpc) is 2.61. The van der Waals surface area contributed by atoms with Gasteiger partial charge in [0.1, 0.15) is 11.3 Å². The van der Waals surface area contributed by atoms with Crippen molar-refractivity contribution in [3.8, 4) is 5.75 Å². The largest absolute Gasteiger partial charge is 0.507 e. The maximum atomic E-state index is 13.0. The molecule has 0 unspecified atom stereocenters. The minimum absolute atomic E-state index is 0.0226. The van der Waals surface area contributed by atoms with Crippen LogP contribution in [0.2, 0.25) is 0 Å². The predicted octanol–water partition coefficient (Wildman–Crippen LogP) is 1.89.